The number of hydrogen-bond donors (Lipinski definition) is 1. The summed E-state index contributed by atoms with van der Waals surface area (Å²) in [5.41, 5.74) is 2.85. The Bertz CT molecular complexity index is 960. The van der Waals surface area contributed by atoms with Crippen LogP contribution in [0, 0.1) is 6.92 Å². The second-order valence-electron chi connectivity index (χ2n) is 6.12. The van der Waals surface area contributed by atoms with Crippen molar-refractivity contribution in [1.82, 2.24) is 0 Å². The highest BCUT2D eigenvalue weighted by Gasteiger charge is 2.17. The third kappa shape index (κ3) is 4.57. The van der Waals surface area contributed by atoms with E-state index in [2.05, 4.69) is 0 Å². The number of carbonyl (C=O) groups is 1. The first-order chi connectivity index (χ1) is 13.5. The minimum Gasteiger partial charge on any atom is -0.410 e. The zero-order valence-electron chi connectivity index (χ0n) is 15.5. The molecule has 6 nitrogen and oxygen atoms in total. The first-order valence-corrected chi connectivity index (χ1v) is 9.60. The first kappa shape index (κ1) is 19.6. The van der Waals surface area contributed by atoms with Crippen molar-refractivity contribution in [2.24, 2.45) is 0 Å². The smallest absolute Gasteiger partial charge is 0.410 e. The molecule has 0 fully saturated rings. The third-order valence-corrected chi connectivity index (χ3v) is 4.85. The van der Waals surface area contributed by atoms with Gasteiger partial charge in [-0.1, -0.05) is 35.9 Å². The zero-order chi connectivity index (χ0) is 20.1. The quantitative estimate of drug-likeness (QED) is 0.623. The highest BCUT2D eigenvalue weighted by molar-refractivity contribution is 7.81. The molecule has 1 atom stereocenters. The van der Waals surface area contributed by atoms with Crippen LogP contribution >= 0.6 is 0 Å². The number of benzene rings is 3. The lowest BCUT2D eigenvalue weighted by Gasteiger charge is -2.21. The molecule has 0 aliphatic heterocycles. The maximum atomic E-state index is 12.3. The summed E-state index contributed by atoms with van der Waals surface area (Å²) in [4.78, 5) is 13.7. The maximum absolute atomic E-state index is 12.3. The summed E-state index contributed by atoms with van der Waals surface area (Å²) in [6.45, 7) is 1.94. The predicted molar refractivity (Wildman–Crippen MR) is 111 cm³/mol. The van der Waals surface area contributed by atoms with Gasteiger partial charge < -0.3 is 4.74 Å². The second kappa shape index (κ2) is 8.69. The number of ether oxygens (including phenoxy) is 1. The van der Waals surface area contributed by atoms with Crippen molar-refractivity contribution in [1.29, 1.82) is 0 Å². The minimum atomic E-state index is -2.24. The Balaban J connectivity index is 1.75. The summed E-state index contributed by atoms with van der Waals surface area (Å²) in [5.74, 6) is 0.337. The van der Waals surface area contributed by atoms with E-state index >= 15 is 0 Å². The van der Waals surface area contributed by atoms with E-state index in [9.17, 15) is 13.6 Å². The number of anilines is 3. The lowest BCUT2D eigenvalue weighted by molar-refractivity contribution is 0.209. The van der Waals surface area contributed by atoms with Crippen LogP contribution in [-0.2, 0) is 11.3 Å². The Labute approximate surface area is 166 Å². The Hall–Kier alpha value is -3.16. The number of aryl methyl sites for hydroxylation is 1. The van der Waals surface area contributed by atoms with E-state index < -0.39 is 17.4 Å². The molecule has 0 aliphatic carbocycles. The fourth-order valence-electron chi connectivity index (χ4n) is 2.59. The summed E-state index contributed by atoms with van der Waals surface area (Å²) in [7, 11) is 1.63. The standard InChI is InChI=1S/C21H20N2O4S/c1-16-8-10-18(11-9-16)23(28(25)26)19-12-14-20(15-13-19)27-21(24)22(2)17-6-4-3-5-7-17/h3-15H,1-2H3,(H,25,26). The van der Waals surface area contributed by atoms with Gasteiger partial charge in [0.25, 0.3) is 11.3 Å². The maximum Gasteiger partial charge on any atom is 0.419 e. The molecule has 28 heavy (non-hydrogen) atoms. The molecule has 0 aromatic heterocycles. The second-order valence-corrected chi connectivity index (χ2v) is 6.94. The molecule has 0 saturated heterocycles. The molecule has 144 valence electrons. The van der Waals surface area contributed by atoms with Crippen molar-refractivity contribution in [3.63, 3.8) is 0 Å². The van der Waals surface area contributed by atoms with Crippen LogP contribution < -0.4 is 13.9 Å². The SMILES string of the molecule is Cc1ccc(N(c2ccc(OC(=O)N(C)c3ccccc3)cc2)S(=O)O)cc1. The zero-order valence-corrected chi connectivity index (χ0v) is 16.3. The summed E-state index contributed by atoms with van der Waals surface area (Å²) < 4.78 is 28.2. The van der Waals surface area contributed by atoms with Crippen molar-refractivity contribution >= 4 is 34.4 Å². The number of para-hydroxylation sites is 1. The Kier molecular flexibility index (Phi) is 6.08. The Morgan fingerprint density at radius 3 is 1.93 bits per heavy atom. The molecule has 3 rings (SSSR count). The topological polar surface area (TPSA) is 70.1 Å². The van der Waals surface area contributed by atoms with Crippen molar-refractivity contribution in [2.75, 3.05) is 16.3 Å². The summed E-state index contributed by atoms with van der Waals surface area (Å²) in [6, 6.07) is 22.8. The molecule has 0 spiro atoms. The van der Waals surface area contributed by atoms with E-state index in [0.29, 0.717) is 22.8 Å². The van der Waals surface area contributed by atoms with E-state index in [0.717, 1.165) is 5.56 Å². The van der Waals surface area contributed by atoms with Crippen molar-refractivity contribution in [3.8, 4) is 5.75 Å². The van der Waals surface area contributed by atoms with Crippen LogP contribution in [0.4, 0.5) is 21.9 Å². The fourth-order valence-corrected chi connectivity index (χ4v) is 3.19. The number of nitrogens with zero attached hydrogens (tertiary/aromatic N) is 2. The van der Waals surface area contributed by atoms with Crippen LogP contribution in [0.2, 0.25) is 0 Å². The number of carbonyl (C=O) groups excluding carboxylic acids is 1. The molecule has 0 saturated carbocycles. The minimum absolute atomic E-state index is 0.337. The number of hydrogen-bond acceptors (Lipinski definition) is 3. The van der Waals surface area contributed by atoms with Gasteiger partial charge in [0.05, 0.1) is 11.4 Å². The van der Waals surface area contributed by atoms with Gasteiger partial charge in [0.15, 0.2) is 0 Å². The van der Waals surface area contributed by atoms with Crippen molar-refractivity contribution < 1.29 is 18.3 Å². The van der Waals surface area contributed by atoms with Crippen LogP contribution in [0.25, 0.3) is 0 Å². The normalized spacial score (nSPS) is 11.5. The van der Waals surface area contributed by atoms with Crippen LogP contribution in [0.5, 0.6) is 5.75 Å². The van der Waals surface area contributed by atoms with Gasteiger partial charge in [-0.15, -0.1) is 0 Å². The van der Waals surface area contributed by atoms with E-state index in [4.69, 9.17) is 4.74 Å². The largest absolute Gasteiger partial charge is 0.419 e. The monoisotopic (exact) mass is 396 g/mol. The summed E-state index contributed by atoms with van der Waals surface area (Å²) in [5, 5.41) is 0. The van der Waals surface area contributed by atoms with E-state index in [1.807, 2.05) is 37.3 Å². The van der Waals surface area contributed by atoms with Crippen LogP contribution in [0.3, 0.4) is 0 Å². The molecule has 1 N–H and O–H groups in total. The molecule has 7 heteroatoms. The van der Waals surface area contributed by atoms with Crippen LogP contribution in [0.1, 0.15) is 5.56 Å². The molecule has 0 aliphatic rings. The van der Waals surface area contributed by atoms with Gasteiger partial charge in [0, 0.05) is 12.7 Å². The average Bonchev–Trinajstić information content (AvgIpc) is 2.70. The van der Waals surface area contributed by atoms with Gasteiger partial charge in [0.1, 0.15) is 5.75 Å². The lowest BCUT2D eigenvalue weighted by Crippen LogP contribution is -2.29. The number of rotatable bonds is 5. The highest BCUT2D eigenvalue weighted by atomic mass is 32.2. The summed E-state index contributed by atoms with van der Waals surface area (Å²) in [6.07, 6.45) is -0.528. The number of amides is 1. The van der Waals surface area contributed by atoms with E-state index in [1.165, 1.54) is 9.21 Å². The average molecular weight is 396 g/mol. The highest BCUT2D eigenvalue weighted by Crippen LogP contribution is 2.29. The Morgan fingerprint density at radius 2 is 1.39 bits per heavy atom. The van der Waals surface area contributed by atoms with Gasteiger partial charge in [-0.25, -0.2) is 13.3 Å². The molecule has 3 aromatic rings. The molecular formula is C21H20N2O4S. The molecule has 1 amide bonds. The third-order valence-electron chi connectivity index (χ3n) is 4.12. The van der Waals surface area contributed by atoms with Crippen LogP contribution in [0.15, 0.2) is 78.9 Å². The van der Waals surface area contributed by atoms with E-state index in [-0.39, 0.29) is 0 Å². The Morgan fingerprint density at radius 1 is 0.857 bits per heavy atom. The molecule has 1 unspecified atom stereocenters. The fraction of sp³-hybridized carbons (Fsp3) is 0.0952. The van der Waals surface area contributed by atoms with E-state index in [1.54, 1.807) is 55.6 Å². The molecule has 3 aromatic carbocycles. The van der Waals surface area contributed by atoms with Gasteiger partial charge in [-0.3, -0.25) is 9.45 Å². The molecule has 0 radical (unpaired) electrons. The first-order valence-electron chi connectivity index (χ1n) is 8.54. The van der Waals surface area contributed by atoms with Gasteiger partial charge in [0.2, 0.25) is 0 Å². The van der Waals surface area contributed by atoms with Gasteiger partial charge >= 0.3 is 6.09 Å². The summed E-state index contributed by atoms with van der Waals surface area (Å²) >= 11 is -2.24. The molecule has 0 bridgehead atoms. The van der Waals surface area contributed by atoms with Crippen LogP contribution in [-0.4, -0.2) is 21.9 Å². The molecular weight excluding hydrogens is 376 g/mol. The van der Waals surface area contributed by atoms with Gasteiger partial charge in [-0.05, 0) is 55.5 Å². The van der Waals surface area contributed by atoms with Crippen molar-refractivity contribution in [2.45, 2.75) is 6.92 Å². The molecule has 0 heterocycles. The predicted octanol–water partition coefficient (Wildman–Crippen LogP) is 4.91. The van der Waals surface area contributed by atoms with Crippen molar-refractivity contribution in [3.05, 3.63) is 84.4 Å². The lowest BCUT2D eigenvalue weighted by atomic mass is 10.2. The van der Waals surface area contributed by atoms with Gasteiger partial charge in [-0.2, -0.15) is 0 Å².